The van der Waals surface area contributed by atoms with Crippen molar-refractivity contribution in [3.05, 3.63) is 35.4 Å². The summed E-state index contributed by atoms with van der Waals surface area (Å²) in [4.78, 5) is 9.37. The molecule has 5 nitrogen and oxygen atoms in total. The first-order valence-electron chi connectivity index (χ1n) is 8.87. The maximum atomic E-state index is 5.29. The van der Waals surface area contributed by atoms with Crippen LogP contribution in [0.15, 0.2) is 29.3 Å². The number of halogens is 1. The van der Waals surface area contributed by atoms with Gasteiger partial charge >= 0.3 is 0 Å². The number of benzene rings is 1. The fourth-order valence-electron chi connectivity index (χ4n) is 3.10. The third-order valence-electron chi connectivity index (χ3n) is 4.26. The van der Waals surface area contributed by atoms with Crippen LogP contribution in [-0.4, -0.2) is 63.2 Å². The quantitative estimate of drug-likeness (QED) is 0.386. The van der Waals surface area contributed by atoms with E-state index >= 15 is 0 Å². The summed E-state index contributed by atoms with van der Waals surface area (Å²) in [5, 5.41) is 3.42. The molecule has 1 aromatic carbocycles. The number of guanidine groups is 1. The highest BCUT2D eigenvalue weighted by Crippen LogP contribution is 2.17. The first-order chi connectivity index (χ1) is 11.6. The van der Waals surface area contributed by atoms with Crippen molar-refractivity contribution in [1.29, 1.82) is 0 Å². The molecule has 0 aliphatic carbocycles. The number of likely N-dealkylation sites (tertiary alicyclic amines) is 1. The van der Waals surface area contributed by atoms with Gasteiger partial charge in [-0.3, -0.25) is 0 Å². The van der Waals surface area contributed by atoms with Crippen LogP contribution in [-0.2, 0) is 17.8 Å². The van der Waals surface area contributed by atoms with Crippen molar-refractivity contribution in [1.82, 2.24) is 15.1 Å². The molecule has 1 fully saturated rings. The monoisotopic (exact) mass is 460 g/mol. The second-order valence-electron chi connectivity index (χ2n) is 6.78. The highest BCUT2D eigenvalue weighted by atomic mass is 127. The van der Waals surface area contributed by atoms with Gasteiger partial charge in [0.05, 0.1) is 13.2 Å². The highest BCUT2D eigenvalue weighted by molar-refractivity contribution is 14.0. The number of hydrogen-bond acceptors (Lipinski definition) is 3. The molecule has 2 rings (SSSR count). The maximum absolute atomic E-state index is 5.29. The van der Waals surface area contributed by atoms with Gasteiger partial charge in [0, 0.05) is 39.2 Å². The Morgan fingerprint density at radius 2 is 1.96 bits per heavy atom. The van der Waals surface area contributed by atoms with Crippen molar-refractivity contribution in [2.24, 2.45) is 10.9 Å². The van der Waals surface area contributed by atoms with Gasteiger partial charge in [0.25, 0.3) is 0 Å². The third-order valence-corrected chi connectivity index (χ3v) is 4.26. The highest BCUT2D eigenvalue weighted by Gasteiger charge is 2.24. The largest absolute Gasteiger partial charge is 0.384 e. The van der Waals surface area contributed by atoms with Crippen molar-refractivity contribution in [3.8, 4) is 0 Å². The van der Waals surface area contributed by atoms with E-state index in [0.29, 0.717) is 5.92 Å². The molecule has 25 heavy (non-hydrogen) atoms. The van der Waals surface area contributed by atoms with Crippen LogP contribution in [0.25, 0.3) is 0 Å². The van der Waals surface area contributed by atoms with E-state index in [1.54, 1.807) is 7.11 Å². The summed E-state index contributed by atoms with van der Waals surface area (Å²) < 4.78 is 5.29. The Morgan fingerprint density at radius 3 is 2.56 bits per heavy atom. The lowest BCUT2D eigenvalue weighted by Gasteiger charge is -2.21. The Balaban J connectivity index is 0.00000312. The number of rotatable bonds is 7. The molecule has 1 heterocycles. The molecule has 1 aliphatic rings. The number of aliphatic imine (C=N–C) groups is 1. The SMILES string of the molecule is CCNC(=NCc1ccc(CN(C)C)cc1)N1CCC(COC)C1.I. The molecule has 0 saturated carbocycles. The number of nitrogens with one attached hydrogen (secondary N) is 1. The van der Waals surface area contributed by atoms with Gasteiger partial charge in [-0.05, 0) is 38.6 Å². The molecule has 6 heteroatoms. The molecule has 0 radical (unpaired) electrons. The molecule has 1 unspecified atom stereocenters. The van der Waals surface area contributed by atoms with Crippen LogP contribution in [0.2, 0.25) is 0 Å². The van der Waals surface area contributed by atoms with E-state index in [-0.39, 0.29) is 24.0 Å². The van der Waals surface area contributed by atoms with E-state index in [9.17, 15) is 0 Å². The fraction of sp³-hybridized carbons (Fsp3) is 0.632. The molecule has 0 spiro atoms. The van der Waals surface area contributed by atoms with Crippen molar-refractivity contribution < 1.29 is 4.74 Å². The van der Waals surface area contributed by atoms with Crippen LogP contribution in [0.3, 0.4) is 0 Å². The number of nitrogens with zero attached hydrogens (tertiary/aromatic N) is 3. The Labute approximate surface area is 169 Å². The summed E-state index contributed by atoms with van der Waals surface area (Å²) in [6.07, 6.45) is 1.18. The molecule has 1 saturated heterocycles. The van der Waals surface area contributed by atoms with Gasteiger partial charge in [0.15, 0.2) is 5.96 Å². The van der Waals surface area contributed by atoms with E-state index in [1.165, 1.54) is 17.5 Å². The molecular formula is C19H33IN4O. The van der Waals surface area contributed by atoms with Gasteiger partial charge in [-0.25, -0.2) is 4.99 Å². The van der Waals surface area contributed by atoms with E-state index in [4.69, 9.17) is 9.73 Å². The van der Waals surface area contributed by atoms with Gasteiger partial charge < -0.3 is 19.9 Å². The number of hydrogen-bond donors (Lipinski definition) is 1. The molecule has 0 aromatic heterocycles. The summed E-state index contributed by atoms with van der Waals surface area (Å²) in [7, 11) is 5.96. The molecule has 0 amide bonds. The van der Waals surface area contributed by atoms with Gasteiger partial charge in [-0.2, -0.15) is 0 Å². The Hall–Kier alpha value is -0.860. The normalized spacial score (nSPS) is 17.7. The number of ether oxygens (including phenoxy) is 1. The average Bonchev–Trinajstić information content (AvgIpc) is 3.01. The fourth-order valence-corrected chi connectivity index (χ4v) is 3.10. The predicted octanol–water partition coefficient (Wildman–Crippen LogP) is 2.80. The standard InChI is InChI=1S/C19H32N4O.HI/c1-5-20-19(23-11-10-18(14-23)15-24-4)21-12-16-6-8-17(9-7-16)13-22(2)3;/h6-9,18H,5,10-15H2,1-4H3,(H,20,21);1H. The van der Waals surface area contributed by atoms with Crippen LogP contribution in [0.5, 0.6) is 0 Å². The summed E-state index contributed by atoms with van der Waals surface area (Å²) in [6.45, 7) is 7.63. The molecule has 1 aromatic rings. The Bertz CT molecular complexity index is 519. The summed E-state index contributed by atoms with van der Waals surface area (Å²) in [5.41, 5.74) is 2.59. The molecular weight excluding hydrogens is 427 g/mol. The van der Waals surface area contributed by atoms with Crippen LogP contribution < -0.4 is 5.32 Å². The molecule has 1 aliphatic heterocycles. The van der Waals surface area contributed by atoms with Gasteiger partial charge in [-0.15, -0.1) is 24.0 Å². The van der Waals surface area contributed by atoms with Crippen molar-refractivity contribution >= 4 is 29.9 Å². The maximum Gasteiger partial charge on any atom is 0.194 e. The van der Waals surface area contributed by atoms with E-state index < -0.39 is 0 Å². The second-order valence-corrected chi connectivity index (χ2v) is 6.78. The first kappa shape index (κ1) is 22.2. The topological polar surface area (TPSA) is 40.1 Å². The van der Waals surface area contributed by atoms with Crippen molar-refractivity contribution in [2.45, 2.75) is 26.4 Å². The minimum atomic E-state index is 0. The molecule has 142 valence electrons. The zero-order valence-electron chi connectivity index (χ0n) is 16.0. The van der Waals surface area contributed by atoms with Crippen molar-refractivity contribution in [3.63, 3.8) is 0 Å². The summed E-state index contributed by atoms with van der Waals surface area (Å²) in [6, 6.07) is 8.76. The van der Waals surface area contributed by atoms with Crippen LogP contribution >= 0.6 is 24.0 Å². The lowest BCUT2D eigenvalue weighted by atomic mass is 10.1. The Kier molecular flexibility index (Phi) is 10.4. The lowest BCUT2D eigenvalue weighted by molar-refractivity contribution is 0.157. The second kappa shape index (κ2) is 11.7. The van der Waals surface area contributed by atoms with Gasteiger partial charge in [0.1, 0.15) is 0 Å². The van der Waals surface area contributed by atoms with Gasteiger partial charge in [0.2, 0.25) is 0 Å². The van der Waals surface area contributed by atoms with E-state index in [2.05, 4.69) is 60.4 Å². The molecule has 0 bridgehead atoms. The Morgan fingerprint density at radius 1 is 1.28 bits per heavy atom. The number of methoxy groups -OCH3 is 1. The smallest absolute Gasteiger partial charge is 0.194 e. The van der Waals surface area contributed by atoms with Crippen LogP contribution in [0.1, 0.15) is 24.5 Å². The summed E-state index contributed by atoms with van der Waals surface area (Å²) >= 11 is 0. The summed E-state index contributed by atoms with van der Waals surface area (Å²) in [5.74, 6) is 1.64. The molecule has 1 N–H and O–H groups in total. The van der Waals surface area contributed by atoms with Gasteiger partial charge in [-0.1, -0.05) is 24.3 Å². The minimum absolute atomic E-state index is 0. The zero-order valence-corrected chi connectivity index (χ0v) is 18.3. The van der Waals surface area contributed by atoms with E-state index in [1.807, 2.05) is 0 Å². The van der Waals surface area contributed by atoms with Crippen LogP contribution in [0, 0.1) is 5.92 Å². The zero-order chi connectivity index (χ0) is 17.4. The van der Waals surface area contributed by atoms with Crippen LogP contribution in [0.4, 0.5) is 0 Å². The van der Waals surface area contributed by atoms with E-state index in [0.717, 1.165) is 45.3 Å². The third kappa shape index (κ3) is 7.50. The lowest BCUT2D eigenvalue weighted by Crippen LogP contribution is -2.40. The molecule has 1 atom stereocenters. The van der Waals surface area contributed by atoms with Crippen molar-refractivity contribution in [2.75, 3.05) is 47.4 Å². The minimum Gasteiger partial charge on any atom is -0.384 e. The average molecular weight is 460 g/mol. The first-order valence-corrected chi connectivity index (χ1v) is 8.87. The predicted molar refractivity (Wildman–Crippen MR) is 116 cm³/mol.